The number of carboxylic acids is 1. The van der Waals surface area contributed by atoms with E-state index in [9.17, 15) is 14.9 Å². The molecular weight excluding hydrogens is 240 g/mol. The van der Waals surface area contributed by atoms with Gasteiger partial charge in [0.2, 0.25) is 0 Å². The molecule has 0 aliphatic heterocycles. The summed E-state index contributed by atoms with van der Waals surface area (Å²) in [6, 6.07) is 4.11. The summed E-state index contributed by atoms with van der Waals surface area (Å²) < 4.78 is 4.86. The first-order valence-electron chi connectivity index (χ1n) is 5.26. The predicted molar refractivity (Wildman–Crippen MR) is 64.8 cm³/mol. The minimum Gasteiger partial charge on any atom is -0.481 e. The first-order valence-corrected chi connectivity index (χ1v) is 5.26. The maximum Gasteiger partial charge on any atom is 0.307 e. The van der Waals surface area contributed by atoms with Crippen LogP contribution in [-0.2, 0) is 16.0 Å². The van der Waals surface area contributed by atoms with E-state index in [1.165, 1.54) is 18.2 Å². The SMILES string of the molecule is COCCNc1ccc([N+](=O)[O-])cc1CC(=O)O. The molecule has 0 aliphatic rings. The molecule has 0 amide bonds. The molecule has 1 rings (SSSR count). The van der Waals surface area contributed by atoms with Crippen LogP contribution in [0.5, 0.6) is 0 Å². The number of nitro benzene ring substituents is 1. The van der Waals surface area contributed by atoms with Crippen molar-refractivity contribution in [3.8, 4) is 0 Å². The van der Waals surface area contributed by atoms with Crippen molar-refractivity contribution in [2.45, 2.75) is 6.42 Å². The third kappa shape index (κ3) is 4.02. The molecule has 1 aromatic carbocycles. The Morgan fingerprint density at radius 1 is 1.56 bits per heavy atom. The number of benzene rings is 1. The normalized spacial score (nSPS) is 10.1. The van der Waals surface area contributed by atoms with E-state index >= 15 is 0 Å². The Morgan fingerprint density at radius 3 is 2.83 bits per heavy atom. The molecule has 0 radical (unpaired) electrons. The number of carbonyl (C=O) groups is 1. The second-order valence-corrected chi connectivity index (χ2v) is 3.59. The van der Waals surface area contributed by atoms with E-state index in [1.807, 2.05) is 0 Å². The van der Waals surface area contributed by atoms with Crippen LogP contribution in [0.15, 0.2) is 18.2 Å². The van der Waals surface area contributed by atoms with Crippen LogP contribution >= 0.6 is 0 Å². The summed E-state index contributed by atoms with van der Waals surface area (Å²) in [7, 11) is 1.55. The summed E-state index contributed by atoms with van der Waals surface area (Å²) in [5.41, 5.74) is 0.830. The first-order chi connectivity index (χ1) is 8.54. The van der Waals surface area contributed by atoms with Crippen LogP contribution in [0.2, 0.25) is 0 Å². The standard InChI is InChI=1S/C11H14N2O5/c1-18-5-4-12-10-3-2-9(13(16)17)6-8(10)7-11(14)15/h2-3,6,12H,4-5,7H2,1H3,(H,14,15). The zero-order chi connectivity index (χ0) is 13.5. The van der Waals surface area contributed by atoms with Crippen LogP contribution in [0, 0.1) is 10.1 Å². The Morgan fingerprint density at radius 2 is 2.28 bits per heavy atom. The fourth-order valence-corrected chi connectivity index (χ4v) is 1.46. The molecule has 2 N–H and O–H groups in total. The molecule has 0 aromatic heterocycles. The number of carboxylic acid groups (broad SMARTS) is 1. The number of nitrogens with zero attached hydrogens (tertiary/aromatic N) is 1. The van der Waals surface area contributed by atoms with Gasteiger partial charge in [0.1, 0.15) is 0 Å². The van der Waals surface area contributed by atoms with Crippen molar-refractivity contribution < 1.29 is 19.6 Å². The van der Waals surface area contributed by atoms with Gasteiger partial charge in [0, 0.05) is 31.5 Å². The monoisotopic (exact) mass is 254 g/mol. The lowest BCUT2D eigenvalue weighted by Gasteiger charge is -2.10. The summed E-state index contributed by atoms with van der Waals surface area (Å²) in [4.78, 5) is 20.8. The average molecular weight is 254 g/mol. The summed E-state index contributed by atoms with van der Waals surface area (Å²) in [5, 5.41) is 22.4. The third-order valence-corrected chi connectivity index (χ3v) is 2.26. The van der Waals surface area contributed by atoms with Gasteiger partial charge in [-0.05, 0) is 11.6 Å². The first kappa shape index (κ1) is 13.9. The summed E-state index contributed by atoms with van der Waals surface area (Å²) in [6.45, 7) is 0.963. The number of methoxy groups -OCH3 is 1. The van der Waals surface area contributed by atoms with E-state index in [0.717, 1.165) is 0 Å². The highest BCUT2D eigenvalue weighted by Gasteiger charge is 2.13. The number of hydrogen-bond donors (Lipinski definition) is 2. The predicted octanol–water partition coefficient (Wildman–Crippen LogP) is 1.28. The molecule has 0 aliphatic carbocycles. The number of anilines is 1. The van der Waals surface area contributed by atoms with Gasteiger partial charge in [-0.25, -0.2) is 0 Å². The molecule has 98 valence electrons. The molecule has 0 saturated carbocycles. The molecule has 0 bridgehead atoms. The molecule has 0 saturated heterocycles. The number of hydrogen-bond acceptors (Lipinski definition) is 5. The highest BCUT2D eigenvalue weighted by atomic mass is 16.6. The lowest BCUT2D eigenvalue weighted by molar-refractivity contribution is -0.384. The summed E-state index contributed by atoms with van der Waals surface area (Å²) in [6.07, 6.45) is -0.267. The van der Waals surface area contributed by atoms with Gasteiger partial charge >= 0.3 is 5.97 Å². The lowest BCUT2D eigenvalue weighted by atomic mass is 10.1. The molecule has 0 spiro atoms. The van der Waals surface area contributed by atoms with Gasteiger partial charge in [-0.15, -0.1) is 0 Å². The fraction of sp³-hybridized carbons (Fsp3) is 0.364. The van der Waals surface area contributed by atoms with Gasteiger partial charge in [0.25, 0.3) is 5.69 Å². The van der Waals surface area contributed by atoms with Gasteiger partial charge in [-0.1, -0.05) is 0 Å². The molecule has 0 atom stereocenters. The highest BCUT2D eigenvalue weighted by molar-refractivity contribution is 5.74. The van der Waals surface area contributed by atoms with Crippen molar-refractivity contribution >= 4 is 17.3 Å². The van der Waals surface area contributed by atoms with E-state index in [2.05, 4.69) is 5.32 Å². The molecular formula is C11H14N2O5. The Hall–Kier alpha value is -2.15. The van der Waals surface area contributed by atoms with E-state index in [0.29, 0.717) is 24.4 Å². The van der Waals surface area contributed by atoms with Crippen LogP contribution < -0.4 is 5.32 Å². The molecule has 18 heavy (non-hydrogen) atoms. The number of aliphatic carboxylic acids is 1. The quantitative estimate of drug-likeness (QED) is 0.431. The van der Waals surface area contributed by atoms with E-state index in [1.54, 1.807) is 7.11 Å². The summed E-state index contributed by atoms with van der Waals surface area (Å²) in [5.74, 6) is -1.04. The number of nitrogens with one attached hydrogen (secondary N) is 1. The molecule has 0 fully saturated rings. The van der Waals surface area contributed by atoms with Crippen molar-refractivity contribution in [1.29, 1.82) is 0 Å². The number of nitro groups is 1. The average Bonchev–Trinajstić information content (AvgIpc) is 2.30. The Labute approximate surface area is 104 Å². The maximum absolute atomic E-state index is 10.7. The second-order valence-electron chi connectivity index (χ2n) is 3.59. The van der Waals surface area contributed by atoms with Crippen LogP contribution in [0.1, 0.15) is 5.56 Å². The Bertz CT molecular complexity index is 447. The number of ether oxygens (including phenoxy) is 1. The van der Waals surface area contributed by atoms with E-state index in [-0.39, 0.29) is 12.1 Å². The summed E-state index contributed by atoms with van der Waals surface area (Å²) >= 11 is 0. The van der Waals surface area contributed by atoms with Gasteiger partial charge in [0.15, 0.2) is 0 Å². The van der Waals surface area contributed by atoms with Gasteiger partial charge in [-0.2, -0.15) is 0 Å². The molecule has 0 unspecified atom stereocenters. The smallest absolute Gasteiger partial charge is 0.307 e. The van der Waals surface area contributed by atoms with Gasteiger partial charge in [-0.3, -0.25) is 14.9 Å². The number of non-ortho nitro benzene ring substituents is 1. The van der Waals surface area contributed by atoms with Crippen molar-refractivity contribution in [1.82, 2.24) is 0 Å². The molecule has 0 heterocycles. The number of rotatable bonds is 7. The highest BCUT2D eigenvalue weighted by Crippen LogP contribution is 2.22. The molecule has 7 heteroatoms. The zero-order valence-electron chi connectivity index (χ0n) is 9.88. The van der Waals surface area contributed by atoms with Crippen molar-refractivity contribution in [3.63, 3.8) is 0 Å². The minimum atomic E-state index is -1.04. The van der Waals surface area contributed by atoms with Crippen LogP contribution in [0.3, 0.4) is 0 Å². The van der Waals surface area contributed by atoms with Crippen LogP contribution in [-0.4, -0.2) is 36.3 Å². The van der Waals surface area contributed by atoms with Crippen molar-refractivity contribution in [2.75, 3.05) is 25.6 Å². The van der Waals surface area contributed by atoms with Crippen molar-refractivity contribution in [3.05, 3.63) is 33.9 Å². The second kappa shape index (κ2) is 6.55. The van der Waals surface area contributed by atoms with Gasteiger partial charge < -0.3 is 15.2 Å². The van der Waals surface area contributed by atoms with Gasteiger partial charge in [0.05, 0.1) is 18.0 Å². The largest absolute Gasteiger partial charge is 0.481 e. The molecule has 1 aromatic rings. The fourth-order valence-electron chi connectivity index (χ4n) is 1.46. The van der Waals surface area contributed by atoms with Crippen molar-refractivity contribution in [2.24, 2.45) is 0 Å². The maximum atomic E-state index is 10.7. The van der Waals surface area contributed by atoms with E-state index < -0.39 is 10.9 Å². The zero-order valence-corrected chi connectivity index (χ0v) is 9.88. The Kier molecular flexibility index (Phi) is 5.06. The molecule has 7 nitrogen and oxygen atoms in total. The van der Waals surface area contributed by atoms with Crippen LogP contribution in [0.4, 0.5) is 11.4 Å². The lowest BCUT2D eigenvalue weighted by Crippen LogP contribution is -2.11. The van der Waals surface area contributed by atoms with Crippen LogP contribution in [0.25, 0.3) is 0 Å². The Balaban J connectivity index is 2.93. The van der Waals surface area contributed by atoms with E-state index in [4.69, 9.17) is 9.84 Å². The minimum absolute atomic E-state index is 0.122. The topological polar surface area (TPSA) is 102 Å². The third-order valence-electron chi connectivity index (χ3n) is 2.26.